The van der Waals surface area contributed by atoms with Gasteiger partial charge in [0.25, 0.3) is 5.69 Å². The third kappa shape index (κ3) is 3.26. The lowest BCUT2D eigenvalue weighted by molar-refractivity contribution is -0.385. The molecule has 11 heteroatoms. The quantitative estimate of drug-likeness (QED) is 0.397. The molecule has 0 aromatic heterocycles. The molecule has 0 amide bonds. The third-order valence-electron chi connectivity index (χ3n) is 2.91. The summed E-state index contributed by atoms with van der Waals surface area (Å²) < 4.78 is 45.7. The van der Waals surface area contributed by atoms with Crippen molar-refractivity contribution >= 4 is 21.4 Å². The first-order chi connectivity index (χ1) is 9.85. The number of non-ortho nitro benzene ring substituents is 1. The van der Waals surface area contributed by atoms with Crippen LogP contribution >= 0.6 is 0 Å². The highest BCUT2D eigenvalue weighted by atomic mass is 32.2. The highest BCUT2D eigenvalue weighted by molar-refractivity contribution is 7.89. The molecular formula is C10H13FN4O5S. The van der Waals surface area contributed by atoms with Gasteiger partial charge in [-0.2, -0.15) is 0 Å². The Morgan fingerprint density at radius 1 is 1.48 bits per heavy atom. The summed E-state index contributed by atoms with van der Waals surface area (Å²) in [6.07, 6.45) is 0.458. The number of hydrazine groups is 1. The first-order valence-electron chi connectivity index (χ1n) is 5.90. The van der Waals surface area contributed by atoms with E-state index in [1.807, 2.05) is 5.43 Å². The molecule has 0 saturated carbocycles. The molecule has 0 spiro atoms. The van der Waals surface area contributed by atoms with Crippen molar-refractivity contribution in [3.63, 3.8) is 0 Å². The number of nitro benzene ring substituents is 1. The summed E-state index contributed by atoms with van der Waals surface area (Å²) in [5, 5.41) is 10.6. The van der Waals surface area contributed by atoms with E-state index in [4.69, 9.17) is 10.6 Å². The maximum atomic E-state index is 14.0. The average Bonchev–Trinajstić information content (AvgIpc) is 2.89. The Kier molecular flexibility index (Phi) is 4.37. The van der Waals surface area contributed by atoms with Gasteiger partial charge in [0, 0.05) is 18.7 Å². The number of hydrogen-bond acceptors (Lipinski definition) is 7. The molecule has 21 heavy (non-hydrogen) atoms. The molecule has 1 unspecified atom stereocenters. The lowest BCUT2D eigenvalue weighted by atomic mass is 10.3. The predicted octanol–water partition coefficient (Wildman–Crippen LogP) is 0.0867. The second-order valence-corrected chi connectivity index (χ2v) is 6.04. The number of halogens is 1. The molecule has 116 valence electrons. The van der Waals surface area contributed by atoms with Crippen molar-refractivity contribution in [2.24, 2.45) is 5.84 Å². The van der Waals surface area contributed by atoms with Gasteiger partial charge in [-0.05, 0) is 6.42 Å². The van der Waals surface area contributed by atoms with Gasteiger partial charge in [-0.1, -0.05) is 0 Å². The van der Waals surface area contributed by atoms with E-state index in [-0.39, 0.29) is 6.61 Å². The van der Waals surface area contributed by atoms with Crippen LogP contribution in [-0.2, 0) is 14.8 Å². The van der Waals surface area contributed by atoms with Gasteiger partial charge in [0.05, 0.1) is 23.3 Å². The molecular weight excluding hydrogens is 307 g/mol. The molecule has 0 radical (unpaired) electrons. The molecule has 0 aliphatic carbocycles. The number of anilines is 1. The van der Waals surface area contributed by atoms with Crippen LogP contribution in [0.1, 0.15) is 6.42 Å². The SMILES string of the molecule is NNc1cc([N+](=O)[O-])cc(F)c1S(=O)(=O)NC1CCOC1. The Morgan fingerprint density at radius 2 is 2.19 bits per heavy atom. The van der Waals surface area contributed by atoms with E-state index in [0.717, 1.165) is 6.07 Å². The van der Waals surface area contributed by atoms with Gasteiger partial charge in [-0.15, -0.1) is 0 Å². The maximum absolute atomic E-state index is 14.0. The monoisotopic (exact) mass is 320 g/mol. The molecule has 1 aromatic carbocycles. The Morgan fingerprint density at radius 3 is 2.71 bits per heavy atom. The molecule has 1 atom stereocenters. The zero-order chi connectivity index (χ0) is 15.6. The maximum Gasteiger partial charge on any atom is 0.274 e. The fourth-order valence-electron chi connectivity index (χ4n) is 1.97. The topological polar surface area (TPSA) is 137 Å². The van der Waals surface area contributed by atoms with Crippen molar-refractivity contribution in [3.8, 4) is 0 Å². The number of nitrogen functional groups attached to an aromatic ring is 1. The van der Waals surface area contributed by atoms with E-state index in [1.165, 1.54) is 0 Å². The molecule has 1 saturated heterocycles. The second kappa shape index (κ2) is 5.89. The number of ether oxygens (including phenoxy) is 1. The smallest absolute Gasteiger partial charge is 0.274 e. The molecule has 1 fully saturated rings. The van der Waals surface area contributed by atoms with Crippen LogP contribution in [0.4, 0.5) is 15.8 Å². The van der Waals surface area contributed by atoms with Crippen LogP contribution in [0.25, 0.3) is 0 Å². The van der Waals surface area contributed by atoms with Gasteiger partial charge in [0.2, 0.25) is 10.0 Å². The van der Waals surface area contributed by atoms with Crippen LogP contribution in [0.5, 0.6) is 0 Å². The van der Waals surface area contributed by atoms with E-state index in [0.29, 0.717) is 19.1 Å². The minimum Gasteiger partial charge on any atom is -0.380 e. The lowest BCUT2D eigenvalue weighted by Crippen LogP contribution is -2.36. The Bertz CT molecular complexity index is 660. The average molecular weight is 320 g/mol. The first-order valence-corrected chi connectivity index (χ1v) is 7.38. The van der Waals surface area contributed by atoms with Crippen molar-refractivity contribution < 1.29 is 22.5 Å². The molecule has 0 bridgehead atoms. The number of nitrogens with zero attached hydrogens (tertiary/aromatic N) is 1. The standard InChI is InChI=1S/C10H13FN4O5S/c11-8-3-7(15(16)17)4-9(13-12)10(8)21(18,19)14-6-1-2-20-5-6/h3-4,6,13-14H,1-2,5,12H2. The van der Waals surface area contributed by atoms with Crippen molar-refractivity contribution in [1.82, 2.24) is 4.72 Å². The van der Waals surface area contributed by atoms with E-state index < -0.39 is 43.1 Å². The van der Waals surface area contributed by atoms with E-state index in [2.05, 4.69) is 4.72 Å². The summed E-state index contributed by atoms with van der Waals surface area (Å²) in [5.74, 6) is 3.88. The fraction of sp³-hybridized carbons (Fsp3) is 0.400. The largest absolute Gasteiger partial charge is 0.380 e. The van der Waals surface area contributed by atoms with Crippen molar-refractivity contribution in [2.75, 3.05) is 18.6 Å². The van der Waals surface area contributed by atoms with E-state index in [9.17, 15) is 22.9 Å². The number of rotatable bonds is 5. The number of sulfonamides is 1. The molecule has 1 aliphatic rings. The van der Waals surface area contributed by atoms with Gasteiger partial charge in [-0.3, -0.25) is 16.0 Å². The minimum absolute atomic E-state index is 0.180. The zero-order valence-corrected chi connectivity index (χ0v) is 11.5. The van der Waals surface area contributed by atoms with Crippen molar-refractivity contribution in [2.45, 2.75) is 17.4 Å². The zero-order valence-electron chi connectivity index (χ0n) is 10.7. The van der Waals surface area contributed by atoms with Crippen LogP contribution in [0.15, 0.2) is 17.0 Å². The van der Waals surface area contributed by atoms with Crippen molar-refractivity contribution in [3.05, 3.63) is 28.1 Å². The Balaban J connectivity index is 2.44. The number of nitrogens with two attached hydrogens (primary N) is 1. The van der Waals surface area contributed by atoms with Crippen LogP contribution in [0.2, 0.25) is 0 Å². The van der Waals surface area contributed by atoms with Crippen LogP contribution in [0, 0.1) is 15.9 Å². The molecule has 2 rings (SSSR count). The summed E-state index contributed by atoms with van der Waals surface area (Å²) in [6.45, 7) is 0.580. The third-order valence-corrected chi connectivity index (χ3v) is 4.51. The van der Waals surface area contributed by atoms with Gasteiger partial charge >= 0.3 is 0 Å². The van der Waals surface area contributed by atoms with Crippen LogP contribution in [0.3, 0.4) is 0 Å². The lowest BCUT2D eigenvalue weighted by Gasteiger charge is -2.14. The van der Waals surface area contributed by atoms with Gasteiger partial charge in [0.15, 0.2) is 5.82 Å². The second-order valence-electron chi connectivity index (χ2n) is 4.39. The number of benzene rings is 1. The molecule has 1 aliphatic heterocycles. The predicted molar refractivity (Wildman–Crippen MR) is 70.4 cm³/mol. The highest BCUT2D eigenvalue weighted by Gasteiger charge is 2.30. The fourth-order valence-corrected chi connectivity index (χ4v) is 3.44. The highest BCUT2D eigenvalue weighted by Crippen LogP contribution is 2.29. The van der Waals surface area contributed by atoms with E-state index >= 15 is 0 Å². The number of nitro groups is 1. The number of nitrogens with one attached hydrogen (secondary N) is 2. The van der Waals surface area contributed by atoms with Gasteiger partial charge < -0.3 is 10.2 Å². The summed E-state index contributed by atoms with van der Waals surface area (Å²) in [5.41, 5.74) is 0.965. The van der Waals surface area contributed by atoms with Crippen LogP contribution < -0.4 is 16.0 Å². The summed E-state index contributed by atoms with van der Waals surface area (Å²) in [4.78, 5) is 9.04. The molecule has 4 N–H and O–H groups in total. The Labute approximate surface area is 119 Å². The van der Waals surface area contributed by atoms with Crippen LogP contribution in [-0.4, -0.2) is 32.6 Å². The first kappa shape index (κ1) is 15.6. The number of hydrogen-bond donors (Lipinski definition) is 3. The van der Waals surface area contributed by atoms with Gasteiger partial charge in [-0.25, -0.2) is 17.5 Å². The molecule has 1 heterocycles. The molecule has 1 aromatic rings. The van der Waals surface area contributed by atoms with Crippen molar-refractivity contribution in [1.29, 1.82) is 0 Å². The minimum atomic E-state index is -4.23. The Hall–Kier alpha value is -1.82. The summed E-state index contributed by atoms with van der Waals surface area (Å²) in [7, 11) is -4.23. The van der Waals surface area contributed by atoms with E-state index in [1.54, 1.807) is 0 Å². The summed E-state index contributed by atoms with van der Waals surface area (Å²) >= 11 is 0. The normalized spacial score (nSPS) is 18.7. The molecule has 9 nitrogen and oxygen atoms in total. The summed E-state index contributed by atoms with van der Waals surface area (Å²) in [6, 6.07) is 0.902. The van der Waals surface area contributed by atoms with Gasteiger partial charge in [0.1, 0.15) is 4.90 Å².